The molecule has 2 N–H and O–H groups in total. The molecule has 0 heterocycles. The van der Waals surface area contributed by atoms with Crippen LogP contribution in [-0.2, 0) is 9.53 Å². The fourth-order valence-electron chi connectivity index (χ4n) is 3.38. The van der Waals surface area contributed by atoms with Gasteiger partial charge in [0.05, 0.1) is 13.5 Å². The quantitative estimate of drug-likeness (QED) is 0.606. The van der Waals surface area contributed by atoms with Gasteiger partial charge in [-0.05, 0) is 37.0 Å². The molecule has 3 atom stereocenters. The number of hydrogen-bond acceptors (Lipinski definition) is 3. The molecule has 0 spiro atoms. The number of nitrogens with two attached hydrogens (primary N) is 1. The minimum absolute atomic E-state index is 0.0221. The van der Waals surface area contributed by atoms with Crippen LogP contribution in [0.3, 0.4) is 0 Å². The van der Waals surface area contributed by atoms with Crippen LogP contribution in [0.4, 0.5) is 0 Å². The molecule has 0 aromatic heterocycles. The Hall–Kier alpha value is -0.570. The van der Waals surface area contributed by atoms with E-state index in [1.54, 1.807) is 0 Å². The van der Waals surface area contributed by atoms with Crippen LogP contribution < -0.4 is 5.73 Å². The zero-order valence-corrected chi connectivity index (χ0v) is 12.2. The highest BCUT2D eigenvalue weighted by atomic mass is 16.5. The lowest BCUT2D eigenvalue weighted by molar-refractivity contribution is -0.144. The molecule has 3 heteroatoms. The van der Waals surface area contributed by atoms with Gasteiger partial charge in [-0.15, -0.1) is 0 Å². The van der Waals surface area contributed by atoms with Crippen LogP contribution in [0.1, 0.15) is 65.2 Å². The Kier molecular flexibility index (Phi) is 6.13. The number of carbonyl (C=O) groups is 1. The zero-order chi connectivity index (χ0) is 13.6. The van der Waals surface area contributed by atoms with Gasteiger partial charge in [-0.2, -0.15) is 0 Å². The predicted octanol–water partition coefficient (Wildman–Crippen LogP) is 3.26. The fraction of sp³-hybridized carbons (Fsp3) is 0.933. The summed E-state index contributed by atoms with van der Waals surface area (Å²) in [5, 5.41) is 0. The first-order chi connectivity index (χ1) is 8.57. The van der Waals surface area contributed by atoms with Crippen LogP contribution in [0.15, 0.2) is 0 Å². The van der Waals surface area contributed by atoms with Gasteiger partial charge in [0, 0.05) is 6.04 Å². The van der Waals surface area contributed by atoms with Crippen molar-refractivity contribution in [1.29, 1.82) is 0 Å². The van der Waals surface area contributed by atoms with E-state index in [4.69, 9.17) is 10.5 Å². The smallest absolute Gasteiger partial charge is 0.306 e. The van der Waals surface area contributed by atoms with Crippen LogP contribution in [0, 0.1) is 11.3 Å². The van der Waals surface area contributed by atoms with Gasteiger partial charge >= 0.3 is 5.97 Å². The summed E-state index contributed by atoms with van der Waals surface area (Å²) in [6, 6.07) is 0.118. The van der Waals surface area contributed by atoms with Gasteiger partial charge in [0.1, 0.15) is 0 Å². The van der Waals surface area contributed by atoms with Gasteiger partial charge in [0.2, 0.25) is 0 Å². The van der Waals surface area contributed by atoms with E-state index in [0.717, 1.165) is 25.2 Å². The number of carbonyl (C=O) groups excluding carboxylic acids is 1. The molecule has 0 aromatic rings. The SMILES string of the molecule is CCC1CCCC(CC(=O)OC)(C(N)CC)CC1. The first-order valence-corrected chi connectivity index (χ1v) is 7.40. The number of ether oxygens (including phenoxy) is 1. The topological polar surface area (TPSA) is 52.3 Å². The van der Waals surface area contributed by atoms with E-state index in [1.807, 2.05) is 0 Å². The molecule has 3 unspecified atom stereocenters. The minimum Gasteiger partial charge on any atom is -0.469 e. The second kappa shape index (κ2) is 7.13. The molecule has 18 heavy (non-hydrogen) atoms. The molecule has 1 aliphatic carbocycles. The molecule has 106 valence electrons. The predicted molar refractivity (Wildman–Crippen MR) is 74.2 cm³/mol. The van der Waals surface area contributed by atoms with Crippen molar-refractivity contribution in [2.45, 2.75) is 71.3 Å². The number of rotatable bonds is 5. The number of hydrogen-bond donors (Lipinski definition) is 1. The lowest BCUT2D eigenvalue weighted by Crippen LogP contribution is -2.43. The first-order valence-electron chi connectivity index (χ1n) is 7.40. The van der Waals surface area contributed by atoms with Gasteiger partial charge in [-0.1, -0.05) is 33.1 Å². The van der Waals surface area contributed by atoms with E-state index in [0.29, 0.717) is 6.42 Å². The van der Waals surface area contributed by atoms with Crippen molar-refractivity contribution < 1.29 is 9.53 Å². The molecule has 1 aliphatic rings. The Morgan fingerprint density at radius 1 is 1.39 bits per heavy atom. The Morgan fingerprint density at radius 2 is 2.11 bits per heavy atom. The van der Waals surface area contributed by atoms with E-state index in [9.17, 15) is 4.79 Å². The lowest BCUT2D eigenvalue weighted by Gasteiger charge is -2.37. The van der Waals surface area contributed by atoms with Crippen LogP contribution in [-0.4, -0.2) is 19.1 Å². The van der Waals surface area contributed by atoms with Gasteiger partial charge in [-0.25, -0.2) is 0 Å². The molecule has 3 nitrogen and oxygen atoms in total. The molecular weight excluding hydrogens is 226 g/mol. The molecule has 0 radical (unpaired) electrons. The summed E-state index contributed by atoms with van der Waals surface area (Å²) < 4.78 is 4.87. The molecular formula is C15H29NO2. The van der Waals surface area contributed by atoms with Gasteiger partial charge in [-0.3, -0.25) is 4.79 Å². The van der Waals surface area contributed by atoms with E-state index < -0.39 is 0 Å². The van der Waals surface area contributed by atoms with Gasteiger partial charge in [0.15, 0.2) is 0 Å². The molecule has 0 aliphatic heterocycles. The Morgan fingerprint density at radius 3 is 2.67 bits per heavy atom. The third-order valence-corrected chi connectivity index (χ3v) is 4.87. The summed E-state index contributed by atoms with van der Waals surface area (Å²) in [5.41, 5.74) is 6.31. The number of methoxy groups -OCH3 is 1. The van der Waals surface area contributed by atoms with Crippen LogP contribution in [0.5, 0.6) is 0 Å². The summed E-state index contributed by atoms with van der Waals surface area (Å²) in [6.07, 6.45) is 8.53. The molecule has 1 fully saturated rings. The average molecular weight is 255 g/mol. The monoisotopic (exact) mass is 255 g/mol. The van der Waals surface area contributed by atoms with Crippen molar-refractivity contribution in [2.24, 2.45) is 17.1 Å². The maximum Gasteiger partial charge on any atom is 0.306 e. The third-order valence-electron chi connectivity index (χ3n) is 4.87. The molecule has 1 rings (SSSR count). The van der Waals surface area contributed by atoms with E-state index in [1.165, 1.54) is 32.8 Å². The maximum atomic E-state index is 11.7. The van der Waals surface area contributed by atoms with E-state index >= 15 is 0 Å². The van der Waals surface area contributed by atoms with Gasteiger partial charge in [0.25, 0.3) is 0 Å². The lowest BCUT2D eigenvalue weighted by atomic mass is 9.70. The largest absolute Gasteiger partial charge is 0.469 e. The maximum absolute atomic E-state index is 11.7. The van der Waals surface area contributed by atoms with E-state index in [-0.39, 0.29) is 17.4 Å². The summed E-state index contributed by atoms with van der Waals surface area (Å²) >= 11 is 0. The summed E-state index contributed by atoms with van der Waals surface area (Å²) in [6.45, 7) is 4.38. The molecule has 0 bridgehead atoms. The zero-order valence-electron chi connectivity index (χ0n) is 12.2. The fourth-order valence-corrected chi connectivity index (χ4v) is 3.38. The normalized spacial score (nSPS) is 30.6. The number of esters is 1. The molecule has 1 saturated carbocycles. The first kappa shape index (κ1) is 15.5. The summed E-state index contributed by atoms with van der Waals surface area (Å²) in [7, 11) is 1.47. The highest BCUT2D eigenvalue weighted by Gasteiger charge is 2.39. The molecule has 0 aromatic carbocycles. The van der Waals surface area contributed by atoms with Crippen LogP contribution in [0.25, 0.3) is 0 Å². The Bertz CT molecular complexity index is 267. The van der Waals surface area contributed by atoms with Crippen molar-refractivity contribution in [1.82, 2.24) is 0 Å². The van der Waals surface area contributed by atoms with Gasteiger partial charge < -0.3 is 10.5 Å². The van der Waals surface area contributed by atoms with Crippen LogP contribution >= 0.6 is 0 Å². The van der Waals surface area contributed by atoms with Crippen LogP contribution in [0.2, 0.25) is 0 Å². The van der Waals surface area contributed by atoms with E-state index in [2.05, 4.69) is 13.8 Å². The second-order valence-electron chi connectivity index (χ2n) is 5.84. The summed E-state index contributed by atoms with van der Waals surface area (Å²) in [5.74, 6) is 0.711. The second-order valence-corrected chi connectivity index (χ2v) is 5.84. The van der Waals surface area contributed by atoms with Crippen molar-refractivity contribution in [2.75, 3.05) is 7.11 Å². The third kappa shape index (κ3) is 3.71. The van der Waals surface area contributed by atoms with Crippen molar-refractivity contribution >= 4 is 5.97 Å². The Balaban J connectivity index is 2.80. The van der Waals surface area contributed by atoms with Crippen molar-refractivity contribution in [3.63, 3.8) is 0 Å². The summed E-state index contributed by atoms with van der Waals surface area (Å²) in [4.78, 5) is 11.7. The average Bonchev–Trinajstić information content (AvgIpc) is 2.60. The standard InChI is InChI=1S/C15H29NO2/c1-4-12-7-6-9-15(10-8-12,13(16)5-2)11-14(17)18-3/h12-13H,4-11,16H2,1-3H3. The minimum atomic E-state index is -0.103. The van der Waals surface area contributed by atoms with Crippen molar-refractivity contribution in [3.8, 4) is 0 Å². The molecule has 0 saturated heterocycles. The highest BCUT2D eigenvalue weighted by Crippen LogP contribution is 2.43. The molecule has 0 amide bonds. The highest BCUT2D eigenvalue weighted by molar-refractivity contribution is 5.70. The van der Waals surface area contributed by atoms with Crippen molar-refractivity contribution in [3.05, 3.63) is 0 Å². The Labute approximate surface area is 111 Å².